The second-order valence-electron chi connectivity index (χ2n) is 5.84. The monoisotopic (exact) mass is 411 g/mol. The van der Waals surface area contributed by atoms with Crippen molar-refractivity contribution in [2.75, 3.05) is 0 Å². The number of rotatable bonds is 3. The van der Waals surface area contributed by atoms with Gasteiger partial charge in [0.05, 0.1) is 0 Å². The first kappa shape index (κ1) is 17.9. The van der Waals surface area contributed by atoms with Crippen LogP contribution in [0.5, 0.6) is 0 Å². The maximum atomic E-state index is 6.14. The van der Waals surface area contributed by atoms with E-state index in [2.05, 4.69) is 15.0 Å². The minimum Gasteiger partial charge on any atom is -0.208 e. The number of hydrogen-bond donors (Lipinski definition) is 0. The third-order valence-corrected chi connectivity index (χ3v) is 4.59. The molecule has 3 nitrogen and oxygen atoms in total. The molecule has 6 heteroatoms. The number of aromatic nitrogens is 3. The average molecular weight is 413 g/mol. The minimum absolute atomic E-state index is 0.525. The molecule has 0 radical (unpaired) electrons. The Bertz CT molecular complexity index is 975. The lowest BCUT2D eigenvalue weighted by Gasteiger charge is -2.09. The molecule has 0 saturated carbocycles. The van der Waals surface area contributed by atoms with Crippen molar-refractivity contribution in [3.8, 4) is 34.2 Å². The predicted molar refractivity (Wildman–Crippen MR) is 111 cm³/mol. The normalized spacial score (nSPS) is 10.8. The van der Waals surface area contributed by atoms with Gasteiger partial charge in [-0.15, -0.1) is 0 Å². The molecule has 0 N–H and O–H groups in total. The van der Waals surface area contributed by atoms with E-state index in [9.17, 15) is 0 Å². The smallest absolute Gasteiger partial charge is 0.164 e. The zero-order valence-electron chi connectivity index (χ0n) is 13.9. The minimum atomic E-state index is 0.525. The summed E-state index contributed by atoms with van der Waals surface area (Å²) in [6, 6.07) is 22.2. The SMILES string of the molecule is Clc1cccc(-c2nc(-c3cccc(Cl)c3)nc(-c3cccc(Cl)c3)n2)c1. The summed E-state index contributed by atoms with van der Waals surface area (Å²) >= 11 is 18.4. The lowest BCUT2D eigenvalue weighted by atomic mass is 10.1. The van der Waals surface area contributed by atoms with E-state index in [0.717, 1.165) is 16.7 Å². The Kier molecular flexibility index (Phi) is 5.08. The highest BCUT2D eigenvalue weighted by Crippen LogP contribution is 2.27. The van der Waals surface area contributed by atoms with Crippen LogP contribution in [0.2, 0.25) is 15.1 Å². The molecular weight excluding hydrogens is 401 g/mol. The van der Waals surface area contributed by atoms with Gasteiger partial charge < -0.3 is 0 Å². The van der Waals surface area contributed by atoms with E-state index in [-0.39, 0.29) is 0 Å². The molecule has 1 aromatic heterocycles. The topological polar surface area (TPSA) is 38.7 Å². The number of benzene rings is 3. The van der Waals surface area contributed by atoms with Gasteiger partial charge in [0.25, 0.3) is 0 Å². The Balaban J connectivity index is 1.94. The highest BCUT2D eigenvalue weighted by Gasteiger charge is 2.13. The van der Waals surface area contributed by atoms with Crippen molar-refractivity contribution in [2.24, 2.45) is 0 Å². The van der Waals surface area contributed by atoms with E-state index in [0.29, 0.717) is 32.5 Å². The third kappa shape index (κ3) is 4.11. The van der Waals surface area contributed by atoms with Crippen molar-refractivity contribution < 1.29 is 0 Å². The first-order valence-electron chi connectivity index (χ1n) is 8.12. The van der Waals surface area contributed by atoms with Gasteiger partial charge in [-0.05, 0) is 36.4 Å². The zero-order valence-corrected chi connectivity index (χ0v) is 16.2. The number of hydrogen-bond acceptors (Lipinski definition) is 3. The molecule has 0 amide bonds. The fourth-order valence-corrected chi connectivity index (χ4v) is 3.22. The van der Waals surface area contributed by atoms with Crippen LogP contribution in [0.1, 0.15) is 0 Å². The summed E-state index contributed by atoms with van der Waals surface area (Å²) < 4.78 is 0. The van der Waals surface area contributed by atoms with Crippen LogP contribution in [0, 0.1) is 0 Å². The molecule has 1 heterocycles. The Morgan fingerprint density at radius 1 is 0.444 bits per heavy atom. The van der Waals surface area contributed by atoms with Gasteiger partial charge in [-0.2, -0.15) is 0 Å². The first-order chi connectivity index (χ1) is 13.1. The summed E-state index contributed by atoms with van der Waals surface area (Å²) in [6.45, 7) is 0. The van der Waals surface area contributed by atoms with E-state index in [4.69, 9.17) is 34.8 Å². The van der Waals surface area contributed by atoms with Gasteiger partial charge in [-0.25, -0.2) is 15.0 Å². The van der Waals surface area contributed by atoms with Gasteiger partial charge in [-0.3, -0.25) is 0 Å². The van der Waals surface area contributed by atoms with E-state index >= 15 is 0 Å². The summed E-state index contributed by atoms with van der Waals surface area (Å²) in [5, 5.41) is 1.84. The number of nitrogens with zero attached hydrogens (tertiary/aromatic N) is 3. The first-order valence-corrected chi connectivity index (χ1v) is 9.26. The molecule has 0 bridgehead atoms. The van der Waals surface area contributed by atoms with Crippen LogP contribution in [0.3, 0.4) is 0 Å². The van der Waals surface area contributed by atoms with Crippen LogP contribution < -0.4 is 0 Å². The summed E-state index contributed by atoms with van der Waals surface area (Å²) in [4.78, 5) is 13.9. The fourth-order valence-electron chi connectivity index (χ4n) is 2.65. The Hall–Kier alpha value is -2.46. The van der Waals surface area contributed by atoms with Crippen molar-refractivity contribution in [2.45, 2.75) is 0 Å². The van der Waals surface area contributed by atoms with E-state index in [1.165, 1.54) is 0 Å². The van der Waals surface area contributed by atoms with Crippen molar-refractivity contribution in [1.29, 1.82) is 0 Å². The van der Waals surface area contributed by atoms with Gasteiger partial charge in [0.15, 0.2) is 17.5 Å². The Morgan fingerprint density at radius 2 is 0.741 bits per heavy atom. The zero-order chi connectivity index (χ0) is 18.8. The van der Waals surface area contributed by atoms with Gasteiger partial charge in [0, 0.05) is 31.8 Å². The molecule has 0 aliphatic carbocycles. The second-order valence-corrected chi connectivity index (χ2v) is 7.15. The lowest BCUT2D eigenvalue weighted by molar-refractivity contribution is 1.07. The highest BCUT2D eigenvalue weighted by atomic mass is 35.5. The van der Waals surface area contributed by atoms with Gasteiger partial charge in [0.1, 0.15) is 0 Å². The highest BCUT2D eigenvalue weighted by molar-refractivity contribution is 6.31. The quantitative estimate of drug-likeness (QED) is 0.370. The van der Waals surface area contributed by atoms with Crippen LogP contribution in [-0.4, -0.2) is 15.0 Å². The summed E-state index contributed by atoms with van der Waals surface area (Å²) in [5.74, 6) is 1.58. The van der Waals surface area contributed by atoms with Crippen LogP contribution in [0.15, 0.2) is 72.8 Å². The molecule has 0 fully saturated rings. The maximum absolute atomic E-state index is 6.14. The predicted octanol–water partition coefficient (Wildman–Crippen LogP) is 6.83. The van der Waals surface area contributed by atoms with Crippen molar-refractivity contribution >= 4 is 34.8 Å². The second kappa shape index (κ2) is 7.65. The summed E-state index contributed by atoms with van der Waals surface area (Å²) in [6.07, 6.45) is 0. The molecule has 0 atom stereocenters. The number of halogens is 3. The summed E-state index contributed by atoms with van der Waals surface area (Å²) in [7, 11) is 0. The lowest BCUT2D eigenvalue weighted by Crippen LogP contribution is -2.00. The van der Waals surface area contributed by atoms with Crippen molar-refractivity contribution in [1.82, 2.24) is 15.0 Å². The van der Waals surface area contributed by atoms with Gasteiger partial charge in [0.2, 0.25) is 0 Å². The maximum Gasteiger partial charge on any atom is 0.164 e. The molecule has 0 spiro atoms. The largest absolute Gasteiger partial charge is 0.208 e. The van der Waals surface area contributed by atoms with Gasteiger partial charge in [-0.1, -0.05) is 71.2 Å². The van der Waals surface area contributed by atoms with Crippen LogP contribution >= 0.6 is 34.8 Å². The van der Waals surface area contributed by atoms with Gasteiger partial charge >= 0.3 is 0 Å². The van der Waals surface area contributed by atoms with Crippen LogP contribution in [-0.2, 0) is 0 Å². The Morgan fingerprint density at radius 3 is 1.00 bits per heavy atom. The van der Waals surface area contributed by atoms with E-state index in [1.54, 1.807) is 0 Å². The van der Waals surface area contributed by atoms with Crippen LogP contribution in [0.4, 0.5) is 0 Å². The molecule has 0 aliphatic rings. The molecule has 0 aliphatic heterocycles. The standard InChI is InChI=1S/C21H12Cl3N3/c22-16-7-1-4-13(10-16)19-25-20(14-5-2-8-17(23)11-14)27-21(26-19)15-6-3-9-18(24)12-15/h1-12H. The molecule has 27 heavy (non-hydrogen) atoms. The summed E-state index contributed by atoms with van der Waals surface area (Å²) in [5.41, 5.74) is 2.41. The van der Waals surface area contributed by atoms with E-state index < -0.39 is 0 Å². The molecule has 4 rings (SSSR count). The molecule has 0 unspecified atom stereocenters. The molecule has 132 valence electrons. The Labute approximate surface area is 171 Å². The van der Waals surface area contributed by atoms with E-state index in [1.807, 2.05) is 72.8 Å². The average Bonchev–Trinajstić information content (AvgIpc) is 2.68. The fraction of sp³-hybridized carbons (Fsp3) is 0. The third-order valence-electron chi connectivity index (χ3n) is 3.88. The van der Waals surface area contributed by atoms with Crippen LogP contribution in [0.25, 0.3) is 34.2 Å². The molecule has 0 saturated heterocycles. The molecule has 4 aromatic rings. The van der Waals surface area contributed by atoms with Crippen molar-refractivity contribution in [3.05, 3.63) is 87.9 Å². The van der Waals surface area contributed by atoms with Crippen molar-refractivity contribution in [3.63, 3.8) is 0 Å². The molecule has 3 aromatic carbocycles. The molecular formula is C21H12Cl3N3.